The number of nitrogens with zero attached hydrogens (tertiary/aromatic N) is 2. The van der Waals surface area contributed by atoms with Gasteiger partial charge < -0.3 is 9.80 Å². The van der Waals surface area contributed by atoms with Crippen molar-refractivity contribution in [2.45, 2.75) is 25.7 Å². The summed E-state index contributed by atoms with van der Waals surface area (Å²) in [6.45, 7) is 7.94. The second kappa shape index (κ2) is 6.21. The van der Waals surface area contributed by atoms with Gasteiger partial charge in [-0.25, -0.2) is 0 Å². The van der Waals surface area contributed by atoms with E-state index in [0.29, 0.717) is 0 Å². The number of rotatable bonds is 4. The molecule has 0 N–H and O–H groups in total. The van der Waals surface area contributed by atoms with Crippen LogP contribution in [0.15, 0.2) is 0 Å². The molecule has 2 rings (SSSR count). The lowest BCUT2D eigenvalue weighted by atomic mass is 9.99. The van der Waals surface area contributed by atoms with Gasteiger partial charge in [-0.15, -0.1) is 0 Å². The summed E-state index contributed by atoms with van der Waals surface area (Å²) in [5.74, 6) is 0.938. The van der Waals surface area contributed by atoms with Gasteiger partial charge in [0.15, 0.2) is 0 Å². The lowest BCUT2D eigenvalue weighted by molar-refractivity contribution is 0.172. The SMILES string of the molecule is BrCC1CCN(CCN2CCCC2)CC1. The van der Waals surface area contributed by atoms with Crippen LogP contribution in [0.25, 0.3) is 0 Å². The third-order valence-electron chi connectivity index (χ3n) is 3.86. The second-order valence-corrected chi connectivity index (χ2v) is 5.64. The fraction of sp³-hybridized carbons (Fsp3) is 1.00. The monoisotopic (exact) mass is 274 g/mol. The molecule has 0 aromatic carbocycles. The molecule has 15 heavy (non-hydrogen) atoms. The molecule has 0 bridgehead atoms. The van der Waals surface area contributed by atoms with Crippen molar-refractivity contribution in [3.05, 3.63) is 0 Å². The zero-order valence-electron chi connectivity index (χ0n) is 9.63. The van der Waals surface area contributed by atoms with Crippen molar-refractivity contribution < 1.29 is 0 Å². The molecule has 0 aromatic heterocycles. The Morgan fingerprint density at radius 2 is 1.40 bits per heavy atom. The van der Waals surface area contributed by atoms with Crippen molar-refractivity contribution in [3.8, 4) is 0 Å². The topological polar surface area (TPSA) is 6.48 Å². The highest BCUT2D eigenvalue weighted by Crippen LogP contribution is 2.18. The van der Waals surface area contributed by atoms with Gasteiger partial charge in [-0.2, -0.15) is 0 Å². The molecule has 0 radical (unpaired) electrons. The summed E-state index contributed by atoms with van der Waals surface area (Å²) in [4.78, 5) is 5.27. The molecule has 0 unspecified atom stereocenters. The smallest absolute Gasteiger partial charge is 0.0109 e. The molecule has 2 aliphatic rings. The predicted molar refractivity (Wildman–Crippen MR) is 68.6 cm³/mol. The zero-order chi connectivity index (χ0) is 10.5. The first-order chi connectivity index (χ1) is 7.38. The molecule has 2 aliphatic heterocycles. The molecule has 3 heteroatoms. The van der Waals surface area contributed by atoms with Gasteiger partial charge in [-0.3, -0.25) is 0 Å². The quantitative estimate of drug-likeness (QED) is 0.726. The first-order valence-corrected chi connectivity index (χ1v) is 7.51. The summed E-state index contributed by atoms with van der Waals surface area (Å²) in [7, 11) is 0. The number of alkyl halides is 1. The van der Waals surface area contributed by atoms with Crippen LogP contribution in [0, 0.1) is 5.92 Å². The van der Waals surface area contributed by atoms with E-state index in [1.165, 1.54) is 70.3 Å². The van der Waals surface area contributed by atoms with Gasteiger partial charge >= 0.3 is 0 Å². The van der Waals surface area contributed by atoms with Crippen LogP contribution < -0.4 is 0 Å². The van der Waals surface area contributed by atoms with E-state index in [1.807, 2.05) is 0 Å². The van der Waals surface area contributed by atoms with E-state index in [0.717, 1.165) is 5.92 Å². The van der Waals surface area contributed by atoms with E-state index in [2.05, 4.69) is 25.7 Å². The molecular weight excluding hydrogens is 252 g/mol. The normalized spacial score (nSPS) is 26.2. The summed E-state index contributed by atoms with van der Waals surface area (Å²) in [5.41, 5.74) is 0. The molecule has 0 saturated carbocycles. The van der Waals surface area contributed by atoms with Crippen LogP contribution in [0.1, 0.15) is 25.7 Å². The Balaban J connectivity index is 1.59. The minimum atomic E-state index is 0.938. The average molecular weight is 275 g/mol. The van der Waals surface area contributed by atoms with Crippen molar-refractivity contribution in [2.24, 2.45) is 5.92 Å². The van der Waals surface area contributed by atoms with Crippen molar-refractivity contribution in [2.75, 3.05) is 44.6 Å². The third kappa shape index (κ3) is 3.72. The molecule has 2 fully saturated rings. The Kier molecular flexibility index (Phi) is 4.92. The van der Waals surface area contributed by atoms with Crippen molar-refractivity contribution >= 4 is 15.9 Å². The fourth-order valence-corrected chi connectivity index (χ4v) is 3.30. The maximum atomic E-state index is 3.60. The second-order valence-electron chi connectivity index (χ2n) is 4.99. The van der Waals surface area contributed by atoms with Crippen LogP contribution in [0.4, 0.5) is 0 Å². The minimum absolute atomic E-state index is 0.938. The Morgan fingerprint density at radius 3 is 1.93 bits per heavy atom. The van der Waals surface area contributed by atoms with Gasteiger partial charge in [0.25, 0.3) is 0 Å². The fourth-order valence-electron chi connectivity index (χ4n) is 2.65. The van der Waals surface area contributed by atoms with Crippen LogP contribution in [0.5, 0.6) is 0 Å². The van der Waals surface area contributed by atoms with Gasteiger partial charge in [0.1, 0.15) is 0 Å². The van der Waals surface area contributed by atoms with Crippen molar-refractivity contribution in [1.82, 2.24) is 9.80 Å². The van der Waals surface area contributed by atoms with E-state index < -0.39 is 0 Å². The summed E-state index contributed by atoms with van der Waals surface area (Å²) < 4.78 is 0. The molecule has 88 valence electrons. The zero-order valence-corrected chi connectivity index (χ0v) is 11.2. The number of halogens is 1. The van der Waals surface area contributed by atoms with E-state index in [1.54, 1.807) is 0 Å². The molecule has 0 aliphatic carbocycles. The Bertz CT molecular complexity index is 172. The van der Waals surface area contributed by atoms with Gasteiger partial charge in [-0.1, -0.05) is 15.9 Å². The van der Waals surface area contributed by atoms with E-state index in [-0.39, 0.29) is 0 Å². The van der Waals surface area contributed by atoms with Crippen LogP contribution in [-0.4, -0.2) is 54.4 Å². The molecule has 0 aromatic rings. The Morgan fingerprint density at radius 1 is 0.867 bits per heavy atom. The van der Waals surface area contributed by atoms with Gasteiger partial charge in [-0.05, 0) is 57.8 Å². The Labute approximate surface area is 102 Å². The van der Waals surface area contributed by atoms with Crippen LogP contribution in [0.2, 0.25) is 0 Å². The lowest BCUT2D eigenvalue weighted by Crippen LogP contribution is -2.39. The molecule has 2 saturated heterocycles. The molecule has 0 amide bonds. The maximum absolute atomic E-state index is 3.60. The molecule has 0 atom stereocenters. The van der Waals surface area contributed by atoms with E-state index >= 15 is 0 Å². The number of hydrogen-bond acceptors (Lipinski definition) is 2. The van der Waals surface area contributed by atoms with Crippen LogP contribution in [0.3, 0.4) is 0 Å². The van der Waals surface area contributed by atoms with Crippen molar-refractivity contribution in [1.29, 1.82) is 0 Å². The Hall–Kier alpha value is 0.400. The number of likely N-dealkylation sites (tertiary alicyclic amines) is 2. The van der Waals surface area contributed by atoms with E-state index in [4.69, 9.17) is 0 Å². The summed E-state index contributed by atoms with van der Waals surface area (Å²) >= 11 is 3.60. The lowest BCUT2D eigenvalue weighted by Gasteiger charge is -2.32. The first kappa shape index (κ1) is 11.9. The minimum Gasteiger partial charge on any atom is -0.302 e. The highest BCUT2D eigenvalue weighted by Gasteiger charge is 2.19. The summed E-state index contributed by atoms with van der Waals surface area (Å²) in [6.07, 6.45) is 5.63. The molecular formula is C12H23BrN2. The summed E-state index contributed by atoms with van der Waals surface area (Å²) in [6, 6.07) is 0. The van der Waals surface area contributed by atoms with Crippen molar-refractivity contribution in [3.63, 3.8) is 0 Å². The standard InChI is InChI=1S/C12H23BrN2/c13-11-12-3-7-15(8-4-12)10-9-14-5-1-2-6-14/h12H,1-11H2. The third-order valence-corrected chi connectivity index (χ3v) is 4.77. The van der Waals surface area contributed by atoms with E-state index in [9.17, 15) is 0 Å². The highest BCUT2D eigenvalue weighted by atomic mass is 79.9. The van der Waals surface area contributed by atoms with Gasteiger partial charge in [0.2, 0.25) is 0 Å². The van der Waals surface area contributed by atoms with Gasteiger partial charge in [0.05, 0.1) is 0 Å². The van der Waals surface area contributed by atoms with Crippen LogP contribution >= 0.6 is 15.9 Å². The maximum Gasteiger partial charge on any atom is 0.0109 e. The summed E-state index contributed by atoms with van der Waals surface area (Å²) in [5, 5.41) is 1.20. The number of hydrogen-bond donors (Lipinski definition) is 0. The first-order valence-electron chi connectivity index (χ1n) is 6.39. The van der Waals surface area contributed by atoms with Crippen LogP contribution in [-0.2, 0) is 0 Å². The molecule has 2 nitrogen and oxygen atoms in total. The highest BCUT2D eigenvalue weighted by molar-refractivity contribution is 9.09. The largest absolute Gasteiger partial charge is 0.302 e. The van der Waals surface area contributed by atoms with Gasteiger partial charge in [0, 0.05) is 18.4 Å². The molecule has 2 heterocycles. The molecule has 0 spiro atoms. The number of piperidine rings is 1. The average Bonchev–Trinajstić information content (AvgIpc) is 2.80. The predicted octanol–water partition coefficient (Wildman–Crippen LogP) is 2.19.